The van der Waals surface area contributed by atoms with Crippen LogP contribution in [0.1, 0.15) is 11.1 Å². The van der Waals surface area contributed by atoms with Crippen LogP contribution in [0.4, 0.5) is 24.7 Å². The molecule has 4 N–H and O–H groups in total. The van der Waals surface area contributed by atoms with Crippen LogP contribution >= 0.6 is 11.8 Å². The fraction of sp³-hybridized carbons (Fsp3) is 0.158. The summed E-state index contributed by atoms with van der Waals surface area (Å²) in [7, 11) is 1.42. The SMILES string of the molecule is C[n+]1[nH]oc(=O)c1-c1c(C#N)c(N)nc(SCC(=O)Nc2ccc(OC(F)(F)F)cc2)c1C#N. The average Bonchev–Trinajstić information content (AvgIpc) is 3.09. The number of halogens is 3. The van der Waals surface area contributed by atoms with E-state index in [2.05, 4.69) is 24.8 Å². The molecule has 0 saturated carbocycles. The zero-order valence-corrected chi connectivity index (χ0v) is 17.9. The number of hydrogen-bond donors (Lipinski definition) is 3. The lowest BCUT2D eigenvalue weighted by atomic mass is 10.0. The molecule has 0 fully saturated rings. The summed E-state index contributed by atoms with van der Waals surface area (Å²) in [4.78, 5) is 28.5. The number of anilines is 2. The Bertz CT molecular complexity index is 1390. The first-order chi connectivity index (χ1) is 16.0. The predicted molar refractivity (Wildman–Crippen MR) is 110 cm³/mol. The molecular formula is C19H13F3N7O4S+. The first kappa shape index (κ1) is 24.1. The third kappa shape index (κ3) is 5.28. The summed E-state index contributed by atoms with van der Waals surface area (Å²) in [6, 6.07) is 8.17. The summed E-state index contributed by atoms with van der Waals surface area (Å²) in [5.41, 5.74) is 4.57. The topological polar surface area (TPSA) is 175 Å². The molecule has 2 heterocycles. The van der Waals surface area contributed by atoms with Crippen LogP contribution in [0.5, 0.6) is 5.75 Å². The molecule has 0 aliphatic carbocycles. The number of H-pyrrole nitrogens is 1. The van der Waals surface area contributed by atoms with E-state index in [0.717, 1.165) is 28.6 Å². The Balaban J connectivity index is 1.83. The van der Waals surface area contributed by atoms with Crippen LogP contribution in [0.3, 0.4) is 0 Å². The molecule has 0 bridgehead atoms. The Hall–Kier alpha value is -4.50. The summed E-state index contributed by atoms with van der Waals surface area (Å²) < 4.78 is 46.3. The largest absolute Gasteiger partial charge is 0.573 e. The minimum atomic E-state index is -4.84. The average molecular weight is 492 g/mol. The number of ether oxygens (including phenoxy) is 1. The molecule has 0 unspecified atom stereocenters. The molecule has 0 radical (unpaired) electrons. The highest BCUT2D eigenvalue weighted by molar-refractivity contribution is 8.00. The van der Waals surface area contributed by atoms with Crippen molar-refractivity contribution in [2.45, 2.75) is 11.4 Å². The number of nitriles is 2. The van der Waals surface area contributed by atoms with Crippen LogP contribution in [0, 0.1) is 22.7 Å². The number of alkyl halides is 3. The maximum absolute atomic E-state index is 12.3. The van der Waals surface area contributed by atoms with Gasteiger partial charge >= 0.3 is 17.7 Å². The number of pyridine rings is 1. The lowest BCUT2D eigenvalue weighted by Gasteiger charge is -2.11. The Labute approximate surface area is 192 Å². The lowest BCUT2D eigenvalue weighted by molar-refractivity contribution is -0.730. The van der Waals surface area contributed by atoms with Crippen molar-refractivity contribution < 1.29 is 31.9 Å². The monoisotopic (exact) mass is 492 g/mol. The normalized spacial score (nSPS) is 10.9. The molecule has 34 heavy (non-hydrogen) atoms. The van der Waals surface area contributed by atoms with Gasteiger partial charge < -0.3 is 15.8 Å². The number of aromatic amines is 1. The summed E-state index contributed by atoms with van der Waals surface area (Å²) in [5, 5.41) is 23.9. The molecule has 3 aromatic rings. The number of nitrogens with one attached hydrogen (secondary N) is 2. The molecule has 0 saturated heterocycles. The molecule has 3 rings (SSSR count). The van der Waals surface area contributed by atoms with Crippen molar-refractivity contribution in [3.63, 3.8) is 0 Å². The number of nitrogen functional groups attached to an aromatic ring is 1. The first-order valence-electron chi connectivity index (χ1n) is 9.04. The van der Waals surface area contributed by atoms with Crippen LogP contribution in [-0.4, -0.2) is 28.3 Å². The van der Waals surface area contributed by atoms with E-state index in [1.54, 1.807) is 0 Å². The van der Waals surface area contributed by atoms with E-state index in [4.69, 9.17) is 5.73 Å². The van der Waals surface area contributed by atoms with Gasteiger partial charge in [-0.3, -0.25) is 9.32 Å². The van der Waals surface area contributed by atoms with Crippen LogP contribution in [0.25, 0.3) is 11.3 Å². The van der Waals surface area contributed by atoms with Gasteiger partial charge in [-0.05, 0) is 29.5 Å². The maximum atomic E-state index is 12.3. The fourth-order valence-electron chi connectivity index (χ4n) is 2.82. The highest BCUT2D eigenvalue weighted by atomic mass is 32.2. The highest BCUT2D eigenvalue weighted by Crippen LogP contribution is 2.33. The number of carbonyl (C=O) groups excluding carboxylic acids is 1. The summed E-state index contributed by atoms with van der Waals surface area (Å²) in [6.45, 7) is 0. The Morgan fingerprint density at radius 1 is 1.29 bits per heavy atom. The minimum absolute atomic E-state index is 0.0151. The zero-order valence-electron chi connectivity index (χ0n) is 17.1. The van der Waals surface area contributed by atoms with Crippen LogP contribution in [0.2, 0.25) is 0 Å². The van der Waals surface area contributed by atoms with E-state index in [0.29, 0.717) is 0 Å². The molecule has 11 nitrogen and oxygen atoms in total. The lowest BCUT2D eigenvalue weighted by Crippen LogP contribution is -2.34. The molecule has 1 amide bonds. The van der Waals surface area contributed by atoms with Gasteiger partial charge in [0.15, 0.2) is 7.05 Å². The van der Waals surface area contributed by atoms with Crippen molar-refractivity contribution in [2.24, 2.45) is 7.05 Å². The van der Waals surface area contributed by atoms with E-state index >= 15 is 0 Å². The number of amides is 1. The quantitative estimate of drug-likeness (QED) is 0.342. The van der Waals surface area contributed by atoms with Crippen LogP contribution in [-0.2, 0) is 11.8 Å². The fourth-order valence-corrected chi connectivity index (χ4v) is 3.62. The number of rotatable bonds is 6. The third-order valence-corrected chi connectivity index (χ3v) is 5.14. The second kappa shape index (κ2) is 9.55. The number of benzene rings is 1. The Kier molecular flexibility index (Phi) is 6.78. The van der Waals surface area contributed by atoms with E-state index in [9.17, 15) is 33.3 Å². The molecule has 15 heteroatoms. The summed E-state index contributed by atoms with van der Waals surface area (Å²) in [6.07, 6.45) is -4.84. The van der Waals surface area contributed by atoms with Crippen molar-refractivity contribution in [2.75, 3.05) is 16.8 Å². The van der Waals surface area contributed by atoms with Gasteiger partial charge in [-0.1, -0.05) is 16.4 Å². The van der Waals surface area contributed by atoms with E-state index < -0.39 is 23.6 Å². The van der Waals surface area contributed by atoms with Gasteiger partial charge in [-0.15, -0.1) is 13.2 Å². The third-order valence-electron chi connectivity index (χ3n) is 4.17. The van der Waals surface area contributed by atoms with E-state index in [-0.39, 0.29) is 44.7 Å². The van der Waals surface area contributed by atoms with Gasteiger partial charge in [0.05, 0.1) is 11.3 Å². The van der Waals surface area contributed by atoms with Crippen LogP contribution in [0.15, 0.2) is 38.6 Å². The first-order valence-corrected chi connectivity index (χ1v) is 10.0. The number of aryl methyl sites for hydroxylation is 1. The predicted octanol–water partition coefficient (Wildman–Crippen LogP) is 1.81. The van der Waals surface area contributed by atoms with Crippen LogP contribution < -0.4 is 26.1 Å². The molecule has 0 atom stereocenters. The number of aromatic nitrogens is 3. The van der Waals surface area contributed by atoms with Gasteiger partial charge in [-0.25, -0.2) is 9.78 Å². The van der Waals surface area contributed by atoms with Crippen molar-refractivity contribution in [1.29, 1.82) is 10.5 Å². The zero-order chi connectivity index (χ0) is 25.0. The number of carbonyl (C=O) groups is 1. The second-order valence-electron chi connectivity index (χ2n) is 6.45. The number of hydrogen-bond acceptors (Lipinski definition) is 9. The van der Waals surface area contributed by atoms with E-state index in [1.165, 1.54) is 19.2 Å². The van der Waals surface area contributed by atoms with Gasteiger partial charge in [0.2, 0.25) is 5.91 Å². The van der Waals surface area contributed by atoms with Gasteiger partial charge in [0.1, 0.15) is 39.9 Å². The number of nitrogens with zero attached hydrogens (tertiary/aromatic N) is 4. The van der Waals surface area contributed by atoms with E-state index in [1.807, 2.05) is 12.1 Å². The molecule has 2 aromatic heterocycles. The maximum Gasteiger partial charge on any atom is 0.573 e. The Morgan fingerprint density at radius 2 is 1.94 bits per heavy atom. The molecule has 1 aromatic carbocycles. The van der Waals surface area contributed by atoms with Crippen molar-refractivity contribution in [3.05, 3.63) is 45.8 Å². The molecular weight excluding hydrogens is 479 g/mol. The summed E-state index contributed by atoms with van der Waals surface area (Å²) >= 11 is 0.806. The molecule has 0 aliphatic heterocycles. The number of thioether (sulfide) groups is 1. The molecule has 0 spiro atoms. The minimum Gasteiger partial charge on any atom is -0.406 e. The van der Waals surface area contributed by atoms with Gasteiger partial charge in [0.25, 0.3) is 0 Å². The molecule has 174 valence electrons. The smallest absolute Gasteiger partial charge is 0.406 e. The van der Waals surface area contributed by atoms with Gasteiger partial charge in [-0.2, -0.15) is 10.5 Å². The standard InChI is InChI=1S/C19H12F3N7O4S/c1-29-15(18(31)33-28-29)14-11(6-23)16(25)27-17(12(14)7-24)34-8-13(30)26-9-2-4-10(5-3-9)32-19(20,21)22/h2-5H,8H2,1H3,(H3-,25,26,27,28,30,31)/p+1. The summed E-state index contributed by atoms with van der Waals surface area (Å²) in [5.74, 6) is -1.57. The van der Waals surface area contributed by atoms with Gasteiger partial charge in [0, 0.05) is 5.69 Å². The number of nitrogens with two attached hydrogens (primary N) is 1. The second-order valence-corrected chi connectivity index (χ2v) is 7.41. The van der Waals surface area contributed by atoms with Crippen molar-refractivity contribution in [1.82, 2.24) is 10.3 Å². The molecule has 0 aliphatic rings. The van der Waals surface area contributed by atoms with Crippen molar-refractivity contribution >= 4 is 29.2 Å². The van der Waals surface area contributed by atoms with Crippen molar-refractivity contribution in [3.8, 4) is 29.1 Å². The highest BCUT2D eigenvalue weighted by Gasteiger charge is 2.32. The Morgan fingerprint density at radius 3 is 2.47 bits per heavy atom.